The third kappa shape index (κ3) is 5.67. The average Bonchev–Trinajstić information content (AvgIpc) is 2.93. The number of hydrogen-bond acceptors (Lipinski definition) is 6. The average molecular weight is 365 g/mol. The summed E-state index contributed by atoms with van der Waals surface area (Å²) in [4.78, 5) is 15.4. The second-order valence-corrected chi connectivity index (χ2v) is 8.83. The molecule has 0 aliphatic rings. The standard InChI is InChI=1S/C17H23N3O4S/c1-12-6-5-7-14(10-12)11-25(22,23)9-8-15-18-16(20-24-15)17(3,4)19-13(2)21/h5-7,10H,8-9,11H2,1-4H3,(H,19,21). The second kappa shape index (κ2) is 7.35. The zero-order valence-corrected chi connectivity index (χ0v) is 15.7. The Hall–Kier alpha value is -2.22. The van der Waals surface area contributed by atoms with Gasteiger partial charge in [0.05, 0.1) is 17.0 Å². The van der Waals surface area contributed by atoms with Crippen LogP contribution < -0.4 is 5.32 Å². The molecule has 0 spiro atoms. The minimum absolute atomic E-state index is 0.0208. The quantitative estimate of drug-likeness (QED) is 0.804. The largest absolute Gasteiger partial charge is 0.344 e. The molecule has 0 aliphatic heterocycles. The van der Waals surface area contributed by atoms with Gasteiger partial charge in [-0.05, 0) is 26.3 Å². The van der Waals surface area contributed by atoms with Gasteiger partial charge in [0, 0.05) is 13.3 Å². The van der Waals surface area contributed by atoms with Crippen LogP contribution in [0.1, 0.15) is 43.6 Å². The third-order valence-corrected chi connectivity index (χ3v) is 5.21. The van der Waals surface area contributed by atoms with E-state index >= 15 is 0 Å². The fourth-order valence-corrected chi connectivity index (χ4v) is 3.79. The Balaban J connectivity index is 2.00. The van der Waals surface area contributed by atoms with Crippen LogP contribution in [-0.4, -0.2) is 30.2 Å². The molecule has 0 saturated carbocycles. The molecule has 2 rings (SSSR count). The number of amides is 1. The highest BCUT2D eigenvalue weighted by molar-refractivity contribution is 7.90. The molecule has 0 saturated heterocycles. The molecular weight excluding hydrogens is 342 g/mol. The topological polar surface area (TPSA) is 102 Å². The van der Waals surface area contributed by atoms with Crippen LogP contribution in [0.4, 0.5) is 0 Å². The van der Waals surface area contributed by atoms with Crippen molar-refractivity contribution in [2.75, 3.05) is 5.75 Å². The van der Waals surface area contributed by atoms with Gasteiger partial charge in [0.15, 0.2) is 15.7 Å². The van der Waals surface area contributed by atoms with Gasteiger partial charge in [-0.2, -0.15) is 4.98 Å². The lowest BCUT2D eigenvalue weighted by Gasteiger charge is -2.20. The van der Waals surface area contributed by atoms with Crippen LogP contribution in [0.3, 0.4) is 0 Å². The summed E-state index contributed by atoms with van der Waals surface area (Å²) in [7, 11) is -3.29. The molecule has 2 aromatic rings. The van der Waals surface area contributed by atoms with Crippen molar-refractivity contribution in [2.24, 2.45) is 0 Å². The lowest BCUT2D eigenvalue weighted by molar-refractivity contribution is -0.120. The number of hydrogen-bond donors (Lipinski definition) is 1. The van der Waals surface area contributed by atoms with Crippen molar-refractivity contribution in [1.29, 1.82) is 0 Å². The predicted molar refractivity (Wildman–Crippen MR) is 93.5 cm³/mol. The van der Waals surface area contributed by atoms with E-state index in [1.165, 1.54) is 6.92 Å². The molecule has 0 radical (unpaired) electrons. The number of nitrogens with zero attached hydrogens (tertiary/aromatic N) is 2. The molecule has 0 fully saturated rings. The monoisotopic (exact) mass is 365 g/mol. The Kier molecular flexibility index (Phi) is 5.62. The molecule has 1 amide bonds. The number of carbonyl (C=O) groups is 1. The van der Waals surface area contributed by atoms with Crippen molar-refractivity contribution in [3.8, 4) is 0 Å². The van der Waals surface area contributed by atoms with E-state index in [0.29, 0.717) is 5.82 Å². The molecule has 0 atom stereocenters. The highest BCUT2D eigenvalue weighted by Gasteiger charge is 2.27. The lowest BCUT2D eigenvalue weighted by Crippen LogP contribution is -2.40. The van der Waals surface area contributed by atoms with Crippen molar-refractivity contribution in [3.63, 3.8) is 0 Å². The molecule has 7 nitrogen and oxygen atoms in total. The zero-order valence-electron chi connectivity index (χ0n) is 14.9. The SMILES string of the molecule is CC(=O)NC(C)(C)c1noc(CCS(=O)(=O)Cc2cccc(C)c2)n1. The lowest BCUT2D eigenvalue weighted by atomic mass is 10.1. The van der Waals surface area contributed by atoms with Crippen LogP contribution in [0.15, 0.2) is 28.8 Å². The summed E-state index contributed by atoms with van der Waals surface area (Å²) in [6.45, 7) is 6.82. The molecule has 0 bridgehead atoms. The molecule has 1 heterocycles. The fraction of sp³-hybridized carbons (Fsp3) is 0.471. The van der Waals surface area contributed by atoms with Gasteiger partial charge in [0.1, 0.15) is 0 Å². The predicted octanol–water partition coefficient (Wildman–Crippen LogP) is 1.91. The van der Waals surface area contributed by atoms with Crippen molar-refractivity contribution in [2.45, 2.75) is 45.4 Å². The second-order valence-electron chi connectivity index (χ2n) is 6.65. The molecular formula is C17H23N3O4S. The summed E-state index contributed by atoms with van der Waals surface area (Å²) in [6, 6.07) is 7.42. The van der Waals surface area contributed by atoms with Crippen LogP contribution >= 0.6 is 0 Å². The van der Waals surface area contributed by atoms with Gasteiger partial charge in [0.25, 0.3) is 0 Å². The molecule has 1 N–H and O–H groups in total. The number of carbonyl (C=O) groups excluding carboxylic acids is 1. The summed E-state index contributed by atoms with van der Waals surface area (Å²) in [6.07, 6.45) is 0.136. The number of aromatic nitrogens is 2. The van der Waals surface area contributed by atoms with Crippen molar-refractivity contribution in [1.82, 2.24) is 15.5 Å². The highest BCUT2D eigenvalue weighted by Crippen LogP contribution is 2.17. The molecule has 1 aromatic carbocycles. The van der Waals surface area contributed by atoms with E-state index < -0.39 is 15.4 Å². The van der Waals surface area contributed by atoms with Crippen molar-refractivity contribution >= 4 is 15.7 Å². The molecule has 25 heavy (non-hydrogen) atoms. The Bertz CT molecular complexity index is 856. The fourth-order valence-electron chi connectivity index (χ4n) is 2.48. The minimum atomic E-state index is -3.29. The maximum absolute atomic E-state index is 12.3. The summed E-state index contributed by atoms with van der Waals surface area (Å²) >= 11 is 0. The number of nitrogens with one attached hydrogen (secondary N) is 1. The van der Waals surface area contributed by atoms with E-state index in [9.17, 15) is 13.2 Å². The molecule has 8 heteroatoms. The van der Waals surface area contributed by atoms with Crippen molar-refractivity contribution < 1.29 is 17.7 Å². The van der Waals surface area contributed by atoms with E-state index in [1.807, 2.05) is 25.1 Å². The van der Waals surface area contributed by atoms with Gasteiger partial charge in [-0.25, -0.2) is 8.42 Å². The Labute approximate surface area is 147 Å². The first-order valence-corrected chi connectivity index (χ1v) is 9.77. The van der Waals surface area contributed by atoms with Gasteiger partial charge in [0.2, 0.25) is 11.8 Å². The van der Waals surface area contributed by atoms with Crippen molar-refractivity contribution in [3.05, 3.63) is 47.1 Å². The van der Waals surface area contributed by atoms with Crippen LogP contribution in [0.25, 0.3) is 0 Å². The first-order chi connectivity index (χ1) is 11.6. The smallest absolute Gasteiger partial charge is 0.227 e. The van der Waals surface area contributed by atoms with Crippen LogP contribution in [0, 0.1) is 6.92 Å². The number of rotatable bonds is 7. The van der Waals surface area contributed by atoms with Gasteiger partial charge in [-0.1, -0.05) is 35.0 Å². The van der Waals surface area contributed by atoms with E-state index in [4.69, 9.17) is 4.52 Å². The summed E-state index contributed by atoms with van der Waals surface area (Å²) in [5.74, 6) is 0.239. The third-order valence-electron chi connectivity index (χ3n) is 3.61. The maximum atomic E-state index is 12.3. The maximum Gasteiger partial charge on any atom is 0.227 e. The van der Waals surface area contributed by atoms with Gasteiger partial charge in [-0.3, -0.25) is 4.79 Å². The first kappa shape index (κ1) is 19.1. The van der Waals surface area contributed by atoms with Crippen LogP contribution in [0.5, 0.6) is 0 Å². The van der Waals surface area contributed by atoms with Crippen LogP contribution in [0.2, 0.25) is 0 Å². The Morgan fingerprint density at radius 1 is 1.32 bits per heavy atom. The van der Waals surface area contributed by atoms with E-state index in [2.05, 4.69) is 15.5 Å². The van der Waals surface area contributed by atoms with Gasteiger partial charge >= 0.3 is 0 Å². The van der Waals surface area contributed by atoms with Gasteiger partial charge in [-0.15, -0.1) is 0 Å². The number of aryl methyl sites for hydroxylation is 2. The van der Waals surface area contributed by atoms with Crippen LogP contribution in [-0.2, 0) is 32.3 Å². The normalized spacial score (nSPS) is 12.2. The Morgan fingerprint density at radius 2 is 2.04 bits per heavy atom. The molecule has 0 unspecified atom stereocenters. The molecule has 136 valence electrons. The summed E-state index contributed by atoms with van der Waals surface area (Å²) in [5.41, 5.74) is 1.00. The minimum Gasteiger partial charge on any atom is -0.344 e. The Morgan fingerprint density at radius 3 is 2.68 bits per heavy atom. The summed E-state index contributed by atoms with van der Waals surface area (Å²) < 4.78 is 29.7. The first-order valence-electron chi connectivity index (χ1n) is 7.95. The van der Waals surface area contributed by atoms with E-state index in [0.717, 1.165) is 11.1 Å². The highest BCUT2D eigenvalue weighted by atomic mass is 32.2. The molecule has 1 aromatic heterocycles. The number of benzene rings is 1. The van der Waals surface area contributed by atoms with Gasteiger partial charge < -0.3 is 9.84 Å². The molecule has 0 aliphatic carbocycles. The summed E-state index contributed by atoms with van der Waals surface area (Å²) in [5, 5.41) is 6.56. The van der Waals surface area contributed by atoms with E-state index in [-0.39, 0.29) is 29.7 Å². The van der Waals surface area contributed by atoms with E-state index in [1.54, 1.807) is 19.9 Å². The number of sulfone groups is 1. The zero-order chi connectivity index (χ0) is 18.7.